The van der Waals surface area contributed by atoms with Gasteiger partial charge < -0.3 is 15.2 Å². The monoisotopic (exact) mass is 403 g/mol. The van der Waals surface area contributed by atoms with Crippen molar-refractivity contribution in [1.29, 1.82) is 0 Å². The molecule has 0 aliphatic carbocycles. The fourth-order valence-corrected chi connectivity index (χ4v) is 2.64. The van der Waals surface area contributed by atoms with Crippen molar-refractivity contribution in [2.45, 2.75) is 19.9 Å². The highest BCUT2D eigenvalue weighted by atomic mass is 35.5. The summed E-state index contributed by atoms with van der Waals surface area (Å²) in [6, 6.07) is 10.5. The highest BCUT2D eigenvalue weighted by Crippen LogP contribution is 2.25. The summed E-state index contributed by atoms with van der Waals surface area (Å²) in [6.45, 7) is 3.62. The zero-order valence-electron chi connectivity index (χ0n) is 15.8. The van der Waals surface area contributed by atoms with Crippen LogP contribution in [-0.2, 0) is 4.79 Å². The minimum absolute atomic E-state index is 0.00541. The predicted molar refractivity (Wildman–Crippen MR) is 108 cm³/mol. The van der Waals surface area contributed by atoms with Crippen LogP contribution in [0.2, 0.25) is 5.02 Å². The number of hydrazone groups is 1. The van der Waals surface area contributed by atoms with E-state index in [1.54, 1.807) is 36.4 Å². The molecular weight excluding hydrogens is 382 g/mol. The molecule has 2 rings (SSSR count). The first-order valence-electron chi connectivity index (χ1n) is 8.58. The largest absolute Gasteiger partial charge is 0.504 e. The minimum atomic E-state index is -0.796. The number of halogens is 1. The van der Waals surface area contributed by atoms with Gasteiger partial charge in [0.05, 0.1) is 23.9 Å². The molecule has 2 aromatic rings. The smallest absolute Gasteiger partial charge is 0.262 e. The molecule has 7 nitrogen and oxygen atoms in total. The number of methoxy groups -OCH3 is 1. The van der Waals surface area contributed by atoms with Crippen molar-refractivity contribution in [3.63, 3.8) is 0 Å². The molecule has 0 aromatic heterocycles. The third-order valence-electron chi connectivity index (χ3n) is 3.95. The van der Waals surface area contributed by atoms with Gasteiger partial charge in [0.25, 0.3) is 11.8 Å². The Labute approximate surface area is 168 Å². The van der Waals surface area contributed by atoms with E-state index in [2.05, 4.69) is 15.8 Å². The number of nitrogens with zero attached hydrogens (tertiary/aromatic N) is 1. The number of aromatic hydroxyl groups is 1. The van der Waals surface area contributed by atoms with Crippen LogP contribution in [0.25, 0.3) is 0 Å². The molecular formula is C20H22ClN3O4. The molecule has 1 unspecified atom stereocenters. The van der Waals surface area contributed by atoms with Crippen molar-refractivity contribution in [2.24, 2.45) is 11.0 Å². The van der Waals surface area contributed by atoms with Crippen LogP contribution in [0.1, 0.15) is 29.8 Å². The third kappa shape index (κ3) is 5.47. The van der Waals surface area contributed by atoms with Gasteiger partial charge in [-0.1, -0.05) is 37.6 Å². The second-order valence-corrected chi connectivity index (χ2v) is 6.75. The summed E-state index contributed by atoms with van der Waals surface area (Å²) in [4.78, 5) is 24.9. The second-order valence-electron chi connectivity index (χ2n) is 6.34. The van der Waals surface area contributed by atoms with E-state index >= 15 is 0 Å². The highest BCUT2D eigenvalue weighted by Gasteiger charge is 2.25. The number of amides is 2. The van der Waals surface area contributed by atoms with E-state index < -0.39 is 17.9 Å². The van der Waals surface area contributed by atoms with Gasteiger partial charge in [0.2, 0.25) is 0 Å². The summed E-state index contributed by atoms with van der Waals surface area (Å²) in [5.74, 6) is -0.771. The average Bonchev–Trinajstić information content (AvgIpc) is 2.67. The lowest BCUT2D eigenvalue weighted by Gasteiger charge is -2.20. The summed E-state index contributed by atoms with van der Waals surface area (Å²) in [7, 11) is 1.44. The van der Waals surface area contributed by atoms with Gasteiger partial charge in [-0.15, -0.1) is 0 Å². The molecule has 0 saturated carbocycles. The van der Waals surface area contributed by atoms with Crippen LogP contribution in [-0.4, -0.2) is 36.3 Å². The first-order chi connectivity index (χ1) is 13.3. The lowest BCUT2D eigenvalue weighted by molar-refractivity contribution is -0.123. The van der Waals surface area contributed by atoms with Gasteiger partial charge in [0.1, 0.15) is 6.04 Å². The lowest BCUT2D eigenvalue weighted by Crippen LogP contribution is -2.48. The molecule has 8 heteroatoms. The Bertz CT molecular complexity index is 884. The number of ether oxygens (including phenoxy) is 1. The third-order valence-corrected chi connectivity index (χ3v) is 4.28. The minimum Gasteiger partial charge on any atom is -0.504 e. The number of nitrogens with one attached hydrogen (secondary N) is 2. The Morgan fingerprint density at radius 1 is 1.21 bits per heavy atom. The summed E-state index contributed by atoms with van der Waals surface area (Å²) in [6.07, 6.45) is 1.41. The fraction of sp³-hybridized carbons (Fsp3) is 0.250. The van der Waals surface area contributed by atoms with Gasteiger partial charge in [-0.3, -0.25) is 9.59 Å². The van der Waals surface area contributed by atoms with Crippen LogP contribution in [0.4, 0.5) is 0 Å². The van der Waals surface area contributed by atoms with Crippen LogP contribution < -0.4 is 15.5 Å². The molecule has 2 aromatic carbocycles. The van der Waals surface area contributed by atoms with E-state index in [1.165, 1.54) is 19.4 Å². The van der Waals surface area contributed by atoms with Crippen molar-refractivity contribution < 1.29 is 19.4 Å². The van der Waals surface area contributed by atoms with Gasteiger partial charge in [0, 0.05) is 0 Å². The van der Waals surface area contributed by atoms with Crippen LogP contribution in [0, 0.1) is 5.92 Å². The SMILES string of the molecule is COc1cc(C=NNC(=O)C(NC(=O)c2ccccc2Cl)C(C)C)ccc1O. The Balaban J connectivity index is 2.05. The molecule has 3 N–H and O–H groups in total. The molecule has 0 spiro atoms. The number of phenolic OH excluding ortho intramolecular Hbond substituents is 1. The molecule has 0 bridgehead atoms. The molecule has 28 heavy (non-hydrogen) atoms. The normalized spacial score (nSPS) is 12.0. The van der Waals surface area contributed by atoms with Crippen molar-refractivity contribution >= 4 is 29.6 Å². The molecule has 1 atom stereocenters. The molecule has 0 radical (unpaired) electrons. The molecule has 0 heterocycles. The van der Waals surface area contributed by atoms with Crippen molar-refractivity contribution in [3.05, 3.63) is 58.6 Å². The number of rotatable bonds is 7. The molecule has 0 fully saturated rings. The lowest BCUT2D eigenvalue weighted by atomic mass is 10.0. The van der Waals surface area contributed by atoms with Crippen LogP contribution in [0.15, 0.2) is 47.6 Å². The number of carbonyl (C=O) groups is 2. The maximum Gasteiger partial charge on any atom is 0.262 e. The van der Waals surface area contributed by atoms with Crippen LogP contribution >= 0.6 is 11.6 Å². The van der Waals surface area contributed by atoms with Gasteiger partial charge >= 0.3 is 0 Å². The average molecular weight is 404 g/mol. The first kappa shape index (κ1) is 21.2. The zero-order chi connectivity index (χ0) is 20.7. The Morgan fingerprint density at radius 2 is 1.93 bits per heavy atom. The number of phenols is 1. The van der Waals surface area contributed by atoms with Crippen molar-refractivity contribution in [3.8, 4) is 11.5 Å². The quantitative estimate of drug-likeness (QED) is 0.488. The molecule has 0 aliphatic heterocycles. The van der Waals surface area contributed by atoms with E-state index in [0.29, 0.717) is 21.9 Å². The van der Waals surface area contributed by atoms with E-state index in [4.69, 9.17) is 16.3 Å². The van der Waals surface area contributed by atoms with Gasteiger partial charge in [-0.05, 0) is 41.8 Å². The Kier molecular flexibility index (Phi) is 7.40. The topological polar surface area (TPSA) is 100 Å². The second kappa shape index (κ2) is 9.75. The summed E-state index contributed by atoms with van der Waals surface area (Å²) in [5.41, 5.74) is 3.33. The van der Waals surface area contributed by atoms with Gasteiger partial charge in [0.15, 0.2) is 11.5 Å². The highest BCUT2D eigenvalue weighted by molar-refractivity contribution is 6.33. The summed E-state index contributed by atoms with van der Waals surface area (Å²) >= 11 is 6.04. The Morgan fingerprint density at radius 3 is 2.57 bits per heavy atom. The maximum absolute atomic E-state index is 12.5. The standard InChI is InChI=1S/C20H22ClN3O4/c1-12(2)18(23-19(26)14-6-4-5-7-15(14)21)20(27)24-22-11-13-8-9-16(25)17(10-13)28-3/h4-12,18,25H,1-3H3,(H,23,26)(H,24,27). The van der Waals surface area contributed by atoms with Crippen molar-refractivity contribution in [1.82, 2.24) is 10.7 Å². The van der Waals surface area contributed by atoms with E-state index in [-0.39, 0.29) is 11.7 Å². The van der Waals surface area contributed by atoms with Gasteiger partial charge in [-0.25, -0.2) is 5.43 Å². The number of benzene rings is 2. The predicted octanol–water partition coefficient (Wildman–Crippen LogP) is 2.96. The van der Waals surface area contributed by atoms with E-state index in [9.17, 15) is 14.7 Å². The van der Waals surface area contributed by atoms with Crippen LogP contribution in [0.5, 0.6) is 11.5 Å². The Hall–Kier alpha value is -3.06. The summed E-state index contributed by atoms with van der Waals surface area (Å²) < 4.78 is 5.02. The fourth-order valence-electron chi connectivity index (χ4n) is 2.41. The summed E-state index contributed by atoms with van der Waals surface area (Å²) in [5, 5.41) is 16.5. The molecule has 0 saturated heterocycles. The molecule has 2 amide bonds. The van der Waals surface area contributed by atoms with Crippen LogP contribution in [0.3, 0.4) is 0 Å². The van der Waals surface area contributed by atoms with E-state index in [1.807, 2.05) is 13.8 Å². The zero-order valence-corrected chi connectivity index (χ0v) is 16.5. The number of hydrogen-bond acceptors (Lipinski definition) is 5. The first-order valence-corrected chi connectivity index (χ1v) is 8.96. The van der Waals surface area contributed by atoms with Gasteiger partial charge in [-0.2, -0.15) is 5.10 Å². The molecule has 0 aliphatic rings. The molecule has 148 valence electrons. The maximum atomic E-state index is 12.5. The number of hydrogen-bond donors (Lipinski definition) is 3. The van der Waals surface area contributed by atoms with E-state index in [0.717, 1.165) is 0 Å². The van der Waals surface area contributed by atoms with Crippen molar-refractivity contribution in [2.75, 3.05) is 7.11 Å². The number of carbonyl (C=O) groups excluding carboxylic acids is 2.